The second kappa shape index (κ2) is 5.57. The minimum Gasteiger partial charge on any atom is -0.368 e. The van der Waals surface area contributed by atoms with Gasteiger partial charge in [0.05, 0.1) is 6.20 Å². The summed E-state index contributed by atoms with van der Waals surface area (Å²) in [4.78, 5) is 22.4. The zero-order valence-electron chi connectivity index (χ0n) is 8.72. The zero-order valence-corrected chi connectivity index (χ0v) is 8.72. The molecule has 2 amide bonds. The van der Waals surface area contributed by atoms with Crippen molar-refractivity contribution in [2.24, 2.45) is 0 Å². The monoisotopic (exact) mass is 232 g/mol. The molecule has 0 bridgehead atoms. The summed E-state index contributed by atoms with van der Waals surface area (Å²) in [6.45, 7) is 0. The molecule has 0 saturated carbocycles. The molecule has 16 heavy (non-hydrogen) atoms. The van der Waals surface area contributed by atoms with E-state index in [0.29, 0.717) is 19.3 Å². The van der Waals surface area contributed by atoms with Gasteiger partial charge in [-0.1, -0.05) is 0 Å². The topological polar surface area (TPSA) is 78.9 Å². The second-order valence-corrected chi connectivity index (χ2v) is 3.23. The minimum absolute atomic E-state index is 0.339. The number of amides is 2. The molecule has 0 aromatic heterocycles. The van der Waals surface area contributed by atoms with Crippen molar-refractivity contribution < 1.29 is 23.8 Å². The quantitative estimate of drug-likeness (QED) is 0.504. The highest BCUT2D eigenvalue weighted by molar-refractivity contribution is 5.91. The molecule has 0 spiro atoms. The largest absolute Gasteiger partial charge is 0.368 e. The third-order valence-electron chi connectivity index (χ3n) is 2.14. The summed E-state index contributed by atoms with van der Waals surface area (Å²) in [5, 5.41) is 11.2. The number of ether oxygens (including phenoxy) is 1. The van der Waals surface area contributed by atoms with Gasteiger partial charge in [0.25, 0.3) is 5.91 Å². The highest BCUT2D eigenvalue weighted by Gasteiger charge is 2.28. The lowest BCUT2D eigenvalue weighted by molar-refractivity contribution is -0.143. The number of aliphatic hydroxyl groups excluding tert-OH is 1. The van der Waals surface area contributed by atoms with Crippen LogP contribution < -0.4 is 5.32 Å². The Morgan fingerprint density at radius 1 is 1.62 bits per heavy atom. The van der Waals surface area contributed by atoms with Gasteiger partial charge in [0.2, 0.25) is 12.2 Å². The van der Waals surface area contributed by atoms with Gasteiger partial charge in [-0.15, -0.1) is 0 Å². The van der Waals surface area contributed by atoms with Crippen LogP contribution in [0.15, 0.2) is 12.0 Å². The number of hydrogen-bond donors (Lipinski definition) is 2. The Balaban J connectivity index is 2.68. The summed E-state index contributed by atoms with van der Waals surface area (Å²) in [6, 6.07) is 0. The average Bonchev–Trinajstić information content (AvgIpc) is 2.71. The number of likely N-dealkylation sites (N-methyl/N-ethyl adjacent to an activating group) is 1. The molecule has 0 aliphatic carbocycles. The highest BCUT2D eigenvalue weighted by Crippen LogP contribution is 2.20. The van der Waals surface area contributed by atoms with Crippen LogP contribution in [-0.4, -0.2) is 41.9 Å². The first kappa shape index (κ1) is 12.6. The number of halogens is 1. The summed E-state index contributed by atoms with van der Waals surface area (Å²) in [6.07, 6.45) is 0.147. The third kappa shape index (κ3) is 3.01. The van der Waals surface area contributed by atoms with E-state index in [9.17, 15) is 14.0 Å². The van der Waals surface area contributed by atoms with E-state index < -0.39 is 24.3 Å². The normalized spacial score (nSPS) is 25.3. The Morgan fingerprint density at radius 2 is 2.31 bits per heavy atom. The van der Waals surface area contributed by atoms with Crippen molar-refractivity contribution >= 4 is 12.3 Å². The van der Waals surface area contributed by atoms with Gasteiger partial charge in [-0.05, 0) is 6.42 Å². The van der Waals surface area contributed by atoms with Crippen molar-refractivity contribution in [2.75, 3.05) is 7.05 Å². The predicted molar refractivity (Wildman–Crippen MR) is 51.3 cm³/mol. The van der Waals surface area contributed by atoms with Gasteiger partial charge in [-0.3, -0.25) is 14.5 Å². The van der Waals surface area contributed by atoms with E-state index in [1.165, 1.54) is 7.05 Å². The maximum Gasteiger partial charge on any atom is 0.281 e. The molecule has 0 aromatic carbocycles. The predicted octanol–water partition coefficient (Wildman–Crippen LogP) is -0.543. The van der Waals surface area contributed by atoms with Crippen LogP contribution in [0.1, 0.15) is 12.8 Å². The molecule has 1 fully saturated rings. The lowest BCUT2D eigenvalue weighted by Crippen LogP contribution is -2.31. The molecular formula is C9H13FN2O4. The summed E-state index contributed by atoms with van der Waals surface area (Å²) in [5.74, 6) is -2.02. The van der Waals surface area contributed by atoms with E-state index in [-0.39, 0.29) is 0 Å². The molecule has 6 nitrogen and oxygen atoms in total. The van der Waals surface area contributed by atoms with Crippen molar-refractivity contribution in [1.29, 1.82) is 0 Å². The van der Waals surface area contributed by atoms with Gasteiger partial charge >= 0.3 is 0 Å². The van der Waals surface area contributed by atoms with Gasteiger partial charge in [-0.2, -0.15) is 4.39 Å². The summed E-state index contributed by atoms with van der Waals surface area (Å²) >= 11 is 0. The molecule has 0 radical (unpaired) electrons. The van der Waals surface area contributed by atoms with Crippen molar-refractivity contribution in [1.82, 2.24) is 10.2 Å². The third-order valence-corrected chi connectivity index (χ3v) is 2.14. The molecule has 90 valence electrons. The van der Waals surface area contributed by atoms with E-state index in [2.05, 4.69) is 5.32 Å². The van der Waals surface area contributed by atoms with Crippen molar-refractivity contribution in [3.05, 3.63) is 12.0 Å². The lowest BCUT2D eigenvalue weighted by atomic mass is 10.3. The molecule has 1 heterocycles. The summed E-state index contributed by atoms with van der Waals surface area (Å²) in [5.41, 5.74) is 0. The van der Waals surface area contributed by atoms with Crippen LogP contribution in [0, 0.1) is 0 Å². The molecule has 2 N–H and O–H groups in total. The molecular weight excluding hydrogens is 219 g/mol. The maximum atomic E-state index is 13.1. The van der Waals surface area contributed by atoms with E-state index in [0.717, 1.165) is 11.1 Å². The number of hydrogen-bond acceptors (Lipinski definition) is 4. The van der Waals surface area contributed by atoms with Crippen LogP contribution in [0.25, 0.3) is 0 Å². The first-order chi connectivity index (χ1) is 7.58. The number of nitrogens with one attached hydrogen (secondary N) is 1. The minimum atomic E-state index is -1.10. The van der Waals surface area contributed by atoms with E-state index in [1.807, 2.05) is 0 Å². The molecule has 1 unspecified atom stereocenters. The van der Waals surface area contributed by atoms with E-state index in [1.54, 1.807) is 0 Å². The summed E-state index contributed by atoms with van der Waals surface area (Å²) in [7, 11) is 1.27. The lowest BCUT2D eigenvalue weighted by Gasteiger charge is -2.19. The number of aliphatic hydroxyl groups is 1. The van der Waals surface area contributed by atoms with Crippen LogP contribution in [-0.2, 0) is 14.3 Å². The van der Waals surface area contributed by atoms with Crippen LogP contribution in [0.5, 0.6) is 0 Å². The highest BCUT2D eigenvalue weighted by atomic mass is 19.1. The fraction of sp³-hybridized carbons (Fsp3) is 0.556. The smallest absolute Gasteiger partial charge is 0.281 e. The fourth-order valence-corrected chi connectivity index (χ4v) is 1.31. The zero-order chi connectivity index (χ0) is 12.1. The molecule has 1 aliphatic rings. The molecule has 0 aromatic rings. The SMILES string of the molecule is CNC(=O)/C(F)=C\N(C=O)C1CC[C@@H](O)O1. The average molecular weight is 232 g/mol. The van der Waals surface area contributed by atoms with Gasteiger partial charge in [-0.25, -0.2) is 0 Å². The van der Waals surface area contributed by atoms with Gasteiger partial charge < -0.3 is 15.2 Å². The number of carbonyl (C=O) groups excluding carboxylic acids is 2. The maximum absolute atomic E-state index is 13.1. The molecule has 1 saturated heterocycles. The Morgan fingerprint density at radius 3 is 2.75 bits per heavy atom. The van der Waals surface area contributed by atoms with Crippen LogP contribution in [0.2, 0.25) is 0 Å². The summed E-state index contributed by atoms with van der Waals surface area (Å²) < 4.78 is 18.1. The van der Waals surface area contributed by atoms with E-state index >= 15 is 0 Å². The molecule has 1 rings (SSSR count). The van der Waals surface area contributed by atoms with E-state index in [4.69, 9.17) is 9.84 Å². The number of carbonyl (C=O) groups is 2. The first-order valence-corrected chi connectivity index (χ1v) is 4.74. The van der Waals surface area contributed by atoms with Crippen molar-refractivity contribution in [3.8, 4) is 0 Å². The molecule has 2 atom stereocenters. The second-order valence-electron chi connectivity index (χ2n) is 3.23. The van der Waals surface area contributed by atoms with Crippen LogP contribution in [0.4, 0.5) is 4.39 Å². The molecule has 7 heteroatoms. The standard InChI is InChI=1S/C9H13FN2O4/c1-11-9(15)6(10)4-12(5-13)7-2-3-8(14)16-7/h4-5,7-8,14H,2-3H2,1H3,(H,11,15)/b6-4+/t7?,8-/m0/s1. The van der Waals surface area contributed by atoms with Crippen LogP contribution in [0.3, 0.4) is 0 Å². The Bertz CT molecular complexity index is 308. The van der Waals surface area contributed by atoms with Crippen molar-refractivity contribution in [2.45, 2.75) is 25.4 Å². The molecule has 1 aliphatic heterocycles. The van der Waals surface area contributed by atoms with Gasteiger partial charge in [0.1, 0.15) is 6.23 Å². The number of rotatable bonds is 4. The Labute approximate surface area is 91.7 Å². The fourth-order valence-electron chi connectivity index (χ4n) is 1.31. The Kier molecular flexibility index (Phi) is 4.39. The Hall–Kier alpha value is -1.47. The van der Waals surface area contributed by atoms with Crippen molar-refractivity contribution in [3.63, 3.8) is 0 Å². The number of nitrogens with zero attached hydrogens (tertiary/aromatic N) is 1. The van der Waals surface area contributed by atoms with Crippen LogP contribution >= 0.6 is 0 Å². The first-order valence-electron chi connectivity index (χ1n) is 4.74. The van der Waals surface area contributed by atoms with Gasteiger partial charge in [0, 0.05) is 13.5 Å². The van der Waals surface area contributed by atoms with Gasteiger partial charge in [0.15, 0.2) is 6.29 Å².